The molecule has 0 saturated carbocycles. The van der Waals surface area contributed by atoms with Crippen molar-refractivity contribution < 1.29 is 4.79 Å². The van der Waals surface area contributed by atoms with E-state index in [1.54, 1.807) is 30.3 Å². The number of carbonyl (C=O) groups is 1. The standard InChI is InChI=1S/C20H14Cl3N5OS2/c1-28-18(11-2-4-12(21)5-3-11)26-27-20(28)31-10-17(29)25-19-24-16(9-30-19)14-7-6-13(22)8-15(14)23/h2-9H,10H2,1H3,(H,24,25,29). The van der Waals surface area contributed by atoms with Gasteiger partial charge in [-0.25, -0.2) is 4.98 Å². The van der Waals surface area contributed by atoms with E-state index in [1.165, 1.54) is 23.1 Å². The number of rotatable bonds is 6. The van der Waals surface area contributed by atoms with Gasteiger partial charge in [-0.15, -0.1) is 21.5 Å². The molecule has 0 aliphatic carbocycles. The highest BCUT2D eigenvalue weighted by atomic mass is 35.5. The Kier molecular flexibility index (Phi) is 6.83. The molecule has 1 amide bonds. The molecular weight excluding hydrogens is 497 g/mol. The van der Waals surface area contributed by atoms with Crippen molar-refractivity contribution in [3.8, 4) is 22.6 Å². The summed E-state index contributed by atoms with van der Waals surface area (Å²) in [5.74, 6) is 0.677. The molecule has 0 spiro atoms. The first-order valence-electron chi connectivity index (χ1n) is 8.89. The zero-order valence-corrected chi connectivity index (χ0v) is 19.9. The van der Waals surface area contributed by atoms with E-state index in [1.807, 2.05) is 29.1 Å². The van der Waals surface area contributed by atoms with Crippen LogP contribution in [0.15, 0.2) is 53.0 Å². The van der Waals surface area contributed by atoms with Crippen LogP contribution in [0.3, 0.4) is 0 Å². The lowest BCUT2D eigenvalue weighted by Crippen LogP contribution is -2.14. The Hall–Kier alpha value is -2.10. The van der Waals surface area contributed by atoms with Gasteiger partial charge >= 0.3 is 0 Å². The Morgan fingerprint density at radius 1 is 1.10 bits per heavy atom. The first-order chi connectivity index (χ1) is 14.9. The third kappa shape index (κ3) is 5.22. The topological polar surface area (TPSA) is 72.7 Å². The van der Waals surface area contributed by atoms with Crippen LogP contribution in [-0.2, 0) is 11.8 Å². The molecule has 1 N–H and O–H groups in total. The van der Waals surface area contributed by atoms with Crippen molar-refractivity contribution in [3.63, 3.8) is 0 Å². The maximum Gasteiger partial charge on any atom is 0.236 e. The lowest BCUT2D eigenvalue weighted by Gasteiger charge is -2.04. The summed E-state index contributed by atoms with van der Waals surface area (Å²) >= 11 is 20.7. The number of thiazole rings is 1. The van der Waals surface area contributed by atoms with E-state index in [0.29, 0.717) is 36.9 Å². The number of aromatic nitrogens is 4. The molecule has 2 aromatic carbocycles. The van der Waals surface area contributed by atoms with Gasteiger partial charge < -0.3 is 9.88 Å². The second-order valence-corrected chi connectivity index (χ2v) is 9.45. The molecule has 0 aliphatic rings. The fourth-order valence-electron chi connectivity index (χ4n) is 2.73. The highest BCUT2D eigenvalue weighted by Gasteiger charge is 2.15. The normalized spacial score (nSPS) is 11.0. The second kappa shape index (κ2) is 9.58. The average Bonchev–Trinajstić information content (AvgIpc) is 3.34. The molecule has 0 aliphatic heterocycles. The van der Waals surface area contributed by atoms with Gasteiger partial charge in [0.25, 0.3) is 0 Å². The van der Waals surface area contributed by atoms with Gasteiger partial charge in [0, 0.05) is 33.6 Å². The smallest absolute Gasteiger partial charge is 0.236 e. The Labute approximate surface area is 201 Å². The SMILES string of the molecule is Cn1c(SCC(=O)Nc2nc(-c3ccc(Cl)cc3Cl)cs2)nnc1-c1ccc(Cl)cc1. The van der Waals surface area contributed by atoms with Crippen LogP contribution >= 0.6 is 57.9 Å². The zero-order chi connectivity index (χ0) is 22.0. The lowest BCUT2D eigenvalue weighted by atomic mass is 10.2. The minimum absolute atomic E-state index is 0.170. The van der Waals surface area contributed by atoms with Crippen LogP contribution in [0.5, 0.6) is 0 Å². The number of nitrogens with one attached hydrogen (secondary N) is 1. The molecule has 2 aromatic heterocycles. The van der Waals surface area contributed by atoms with Crippen molar-refractivity contribution in [3.05, 3.63) is 62.9 Å². The van der Waals surface area contributed by atoms with E-state index in [9.17, 15) is 4.79 Å². The Balaban J connectivity index is 1.38. The van der Waals surface area contributed by atoms with Gasteiger partial charge in [-0.2, -0.15) is 0 Å². The largest absolute Gasteiger partial charge is 0.305 e. The first-order valence-corrected chi connectivity index (χ1v) is 11.9. The number of nitrogens with zero attached hydrogens (tertiary/aromatic N) is 4. The third-order valence-corrected chi connectivity index (χ3v) is 6.81. The van der Waals surface area contributed by atoms with E-state index in [2.05, 4.69) is 20.5 Å². The van der Waals surface area contributed by atoms with Gasteiger partial charge in [0.1, 0.15) is 0 Å². The van der Waals surface area contributed by atoms with Gasteiger partial charge in [-0.3, -0.25) is 4.79 Å². The van der Waals surface area contributed by atoms with E-state index in [0.717, 1.165) is 11.1 Å². The summed E-state index contributed by atoms with van der Waals surface area (Å²) in [5, 5.41) is 15.9. The predicted octanol–water partition coefficient (Wildman–Crippen LogP) is 6.30. The van der Waals surface area contributed by atoms with Gasteiger partial charge in [0.15, 0.2) is 16.1 Å². The van der Waals surface area contributed by atoms with Crippen molar-refractivity contribution in [2.24, 2.45) is 7.05 Å². The second-order valence-electron chi connectivity index (χ2n) is 6.37. The monoisotopic (exact) mass is 509 g/mol. The Bertz CT molecular complexity index is 1240. The van der Waals surface area contributed by atoms with Gasteiger partial charge in [-0.05, 0) is 42.5 Å². The van der Waals surface area contributed by atoms with Crippen LogP contribution in [-0.4, -0.2) is 31.4 Å². The highest BCUT2D eigenvalue weighted by molar-refractivity contribution is 7.99. The molecular formula is C20H14Cl3N5OS2. The number of hydrogen-bond acceptors (Lipinski definition) is 6. The molecule has 0 saturated heterocycles. The average molecular weight is 511 g/mol. The summed E-state index contributed by atoms with van der Waals surface area (Å²) in [5.41, 5.74) is 2.33. The molecule has 0 bridgehead atoms. The lowest BCUT2D eigenvalue weighted by molar-refractivity contribution is -0.113. The van der Waals surface area contributed by atoms with Crippen molar-refractivity contribution >= 4 is 68.9 Å². The Morgan fingerprint density at radius 2 is 1.84 bits per heavy atom. The summed E-state index contributed by atoms with van der Waals surface area (Å²) in [6.07, 6.45) is 0. The molecule has 31 heavy (non-hydrogen) atoms. The van der Waals surface area contributed by atoms with Crippen molar-refractivity contribution in [2.45, 2.75) is 5.16 Å². The van der Waals surface area contributed by atoms with Crippen molar-refractivity contribution in [2.75, 3.05) is 11.1 Å². The van der Waals surface area contributed by atoms with Crippen LogP contribution in [0.2, 0.25) is 15.1 Å². The molecule has 158 valence electrons. The number of hydrogen-bond donors (Lipinski definition) is 1. The fourth-order valence-corrected chi connectivity index (χ4v) is 4.80. The molecule has 0 radical (unpaired) electrons. The minimum Gasteiger partial charge on any atom is -0.305 e. The Morgan fingerprint density at radius 3 is 2.58 bits per heavy atom. The van der Waals surface area contributed by atoms with Crippen LogP contribution in [0, 0.1) is 0 Å². The number of benzene rings is 2. The van der Waals surface area contributed by atoms with Crippen LogP contribution < -0.4 is 5.32 Å². The number of thioether (sulfide) groups is 1. The summed E-state index contributed by atoms with van der Waals surface area (Å²) in [7, 11) is 1.85. The summed E-state index contributed by atoms with van der Waals surface area (Å²) < 4.78 is 1.84. The number of carbonyl (C=O) groups excluding carboxylic acids is 1. The minimum atomic E-state index is -0.191. The number of halogens is 3. The maximum atomic E-state index is 12.4. The van der Waals surface area contributed by atoms with Gasteiger partial charge in [0.2, 0.25) is 5.91 Å². The van der Waals surface area contributed by atoms with E-state index < -0.39 is 0 Å². The molecule has 6 nitrogen and oxygen atoms in total. The summed E-state index contributed by atoms with van der Waals surface area (Å²) in [6, 6.07) is 12.5. The van der Waals surface area contributed by atoms with E-state index in [4.69, 9.17) is 34.8 Å². The third-order valence-electron chi connectivity index (χ3n) is 4.23. The van der Waals surface area contributed by atoms with Crippen LogP contribution in [0.1, 0.15) is 0 Å². The van der Waals surface area contributed by atoms with E-state index >= 15 is 0 Å². The molecule has 4 rings (SSSR count). The summed E-state index contributed by atoms with van der Waals surface area (Å²) in [6.45, 7) is 0. The molecule has 0 fully saturated rings. The number of anilines is 1. The first kappa shape index (κ1) is 22.1. The molecule has 0 unspecified atom stereocenters. The maximum absolute atomic E-state index is 12.4. The van der Waals surface area contributed by atoms with Gasteiger partial charge in [0.05, 0.1) is 16.5 Å². The molecule has 2 heterocycles. The predicted molar refractivity (Wildman–Crippen MR) is 128 cm³/mol. The van der Waals surface area contributed by atoms with Gasteiger partial charge in [-0.1, -0.05) is 46.6 Å². The molecule has 4 aromatic rings. The number of amides is 1. The zero-order valence-electron chi connectivity index (χ0n) is 16.0. The highest BCUT2D eigenvalue weighted by Crippen LogP contribution is 2.32. The summed E-state index contributed by atoms with van der Waals surface area (Å²) in [4.78, 5) is 16.8. The van der Waals surface area contributed by atoms with Crippen molar-refractivity contribution in [1.29, 1.82) is 0 Å². The quantitative estimate of drug-likeness (QED) is 0.308. The van der Waals surface area contributed by atoms with Crippen LogP contribution in [0.4, 0.5) is 5.13 Å². The van der Waals surface area contributed by atoms with E-state index in [-0.39, 0.29) is 11.7 Å². The van der Waals surface area contributed by atoms with Crippen molar-refractivity contribution in [1.82, 2.24) is 19.7 Å². The van der Waals surface area contributed by atoms with Crippen LogP contribution in [0.25, 0.3) is 22.6 Å². The fraction of sp³-hybridized carbons (Fsp3) is 0.100. The molecule has 11 heteroatoms. The molecule has 0 atom stereocenters.